The molecule has 2 aliphatic rings. The van der Waals surface area contributed by atoms with E-state index in [0.717, 1.165) is 32.4 Å². The van der Waals surface area contributed by atoms with E-state index in [-0.39, 0.29) is 35.9 Å². The molecule has 2 heterocycles. The third-order valence-electron chi connectivity index (χ3n) is 6.88. The van der Waals surface area contributed by atoms with Crippen molar-refractivity contribution in [3.8, 4) is 0 Å². The van der Waals surface area contributed by atoms with Gasteiger partial charge in [0.2, 0.25) is 0 Å². The lowest BCUT2D eigenvalue weighted by Gasteiger charge is -2.34. The van der Waals surface area contributed by atoms with E-state index < -0.39 is 0 Å². The maximum absolute atomic E-state index is 10.8. The monoisotopic (exact) mass is 462 g/mol. The van der Waals surface area contributed by atoms with Crippen LogP contribution in [0.25, 0.3) is 0 Å². The highest BCUT2D eigenvalue weighted by atomic mass is 16.6. The average Bonchev–Trinajstić information content (AvgIpc) is 3.56. The predicted octanol–water partition coefficient (Wildman–Crippen LogP) is 4.17. The summed E-state index contributed by atoms with van der Waals surface area (Å²) >= 11 is 0. The molecule has 2 unspecified atom stereocenters. The van der Waals surface area contributed by atoms with Crippen LogP contribution in [-0.2, 0) is 19.0 Å². The van der Waals surface area contributed by atoms with Crippen LogP contribution in [0.4, 0.5) is 0 Å². The third-order valence-corrected chi connectivity index (χ3v) is 6.88. The number of hydrogen-bond acceptors (Lipinski definition) is 6. The van der Waals surface area contributed by atoms with Crippen molar-refractivity contribution in [1.82, 2.24) is 10.6 Å². The first-order valence-electron chi connectivity index (χ1n) is 12.5. The van der Waals surface area contributed by atoms with Crippen LogP contribution < -0.4 is 10.6 Å². The summed E-state index contributed by atoms with van der Waals surface area (Å²) in [5, 5.41) is 7.52. The Morgan fingerprint density at radius 1 is 1.27 bits per heavy atom. The van der Waals surface area contributed by atoms with Gasteiger partial charge in [0.25, 0.3) is 0 Å². The van der Waals surface area contributed by atoms with E-state index >= 15 is 0 Å². The molecular weight excluding hydrogens is 416 g/mol. The fourth-order valence-electron chi connectivity index (χ4n) is 4.95. The van der Waals surface area contributed by atoms with Crippen LogP contribution in [0.15, 0.2) is 36.0 Å². The van der Waals surface area contributed by atoms with Gasteiger partial charge in [-0.05, 0) is 52.1 Å². The van der Waals surface area contributed by atoms with Gasteiger partial charge in [0.05, 0.1) is 23.8 Å². The Morgan fingerprint density at radius 2 is 2.03 bits per heavy atom. The van der Waals surface area contributed by atoms with E-state index in [9.17, 15) is 4.79 Å². The Labute approximate surface area is 201 Å². The van der Waals surface area contributed by atoms with Gasteiger partial charge in [0.15, 0.2) is 0 Å². The zero-order valence-corrected chi connectivity index (χ0v) is 21.7. The van der Waals surface area contributed by atoms with Gasteiger partial charge in [-0.1, -0.05) is 56.7 Å². The maximum Gasteiger partial charge on any atom is 0.302 e. The van der Waals surface area contributed by atoms with E-state index in [1.54, 1.807) is 7.11 Å². The lowest BCUT2D eigenvalue weighted by atomic mass is 9.85. The van der Waals surface area contributed by atoms with Crippen LogP contribution in [0.1, 0.15) is 60.8 Å². The fraction of sp³-hybridized carbons (Fsp3) is 0.741. The summed E-state index contributed by atoms with van der Waals surface area (Å²) in [4.78, 5) is 10.8. The maximum atomic E-state index is 10.8. The van der Waals surface area contributed by atoms with E-state index in [1.807, 2.05) is 6.08 Å². The van der Waals surface area contributed by atoms with Crippen molar-refractivity contribution in [1.29, 1.82) is 0 Å². The molecule has 188 valence electrons. The molecule has 0 aromatic carbocycles. The molecule has 0 amide bonds. The average molecular weight is 463 g/mol. The largest absolute Gasteiger partial charge is 0.462 e. The summed E-state index contributed by atoms with van der Waals surface area (Å²) in [6.45, 7) is 14.8. The summed E-state index contributed by atoms with van der Waals surface area (Å²) in [6.07, 6.45) is 14.4. The molecule has 2 saturated heterocycles. The quantitative estimate of drug-likeness (QED) is 0.196. The van der Waals surface area contributed by atoms with E-state index in [4.69, 9.17) is 14.2 Å². The number of carbonyl (C=O) groups is 1. The van der Waals surface area contributed by atoms with Crippen molar-refractivity contribution in [3.05, 3.63) is 36.0 Å². The first-order chi connectivity index (χ1) is 15.7. The van der Waals surface area contributed by atoms with Gasteiger partial charge in [-0.15, -0.1) is 0 Å². The predicted molar refractivity (Wildman–Crippen MR) is 134 cm³/mol. The van der Waals surface area contributed by atoms with Crippen molar-refractivity contribution in [2.45, 2.75) is 90.7 Å². The van der Waals surface area contributed by atoms with Gasteiger partial charge in [0, 0.05) is 20.0 Å². The molecule has 6 nitrogen and oxygen atoms in total. The molecule has 2 fully saturated rings. The topological polar surface area (TPSA) is 72.1 Å². The third kappa shape index (κ3) is 8.67. The Balaban J connectivity index is 1.98. The number of allylic oxidation sites excluding steroid dienone is 4. The molecule has 2 N–H and O–H groups in total. The second-order valence-corrected chi connectivity index (χ2v) is 9.89. The molecule has 0 radical (unpaired) electrons. The molecule has 0 aliphatic carbocycles. The molecule has 0 bridgehead atoms. The molecule has 2 rings (SSSR count). The van der Waals surface area contributed by atoms with E-state index in [0.29, 0.717) is 18.4 Å². The number of hydrogen-bond donors (Lipinski definition) is 2. The minimum atomic E-state index is -0.247. The summed E-state index contributed by atoms with van der Waals surface area (Å²) in [7, 11) is 1.80. The number of ether oxygens (including phenoxy) is 3. The summed E-state index contributed by atoms with van der Waals surface area (Å²) in [5.74, 6) is 0.518. The summed E-state index contributed by atoms with van der Waals surface area (Å²) in [5.41, 5.74) is 1.13. The lowest BCUT2D eigenvalue weighted by molar-refractivity contribution is -0.139. The van der Waals surface area contributed by atoms with E-state index in [2.05, 4.69) is 69.6 Å². The Kier molecular flexibility index (Phi) is 11.3. The molecule has 33 heavy (non-hydrogen) atoms. The Hall–Kier alpha value is -1.47. The first kappa shape index (κ1) is 27.8. The SMILES string of the molecule is CC[C@H](OC)[C@@H](C)[C@H]1O[C@@H]1C1NCCCNC1(C)/C=C/C=C(\C)C[C@@H](C)/C=C/COC(C)=O. The molecular formula is C27H46N2O4. The highest BCUT2D eigenvalue weighted by molar-refractivity contribution is 5.65. The number of methoxy groups -OCH3 is 1. The van der Waals surface area contributed by atoms with Gasteiger partial charge in [-0.3, -0.25) is 4.79 Å². The lowest BCUT2D eigenvalue weighted by Crippen LogP contribution is -2.58. The van der Waals surface area contributed by atoms with Crippen LogP contribution in [-0.4, -0.2) is 62.7 Å². The van der Waals surface area contributed by atoms with Gasteiger partial charge >= 0.3 is 5.97 Å². The van der Waals surface area contributed by atoms with Gasteiger partial charge in [-0.25, -0.2) is 0 Å². The molecule has 0 saturated carbocycles. The second kappa shape index (κ2) is 13.4. The molecule has 0 aromatic rings. The minimum Gasteiger partial charge on any atom is -0.462 e. The summed E-state index contributed by atoms with van der Waals surface area (Å²) in [6, 6.07) is 0.218. The minimum absolute atomic E-state index is 0.184. The second-order valence-electron chi connectivity index (χ2n) is 9.89. The van der Waals surface area contributed by atoms with E-state index in [1.165, 1.54) is 12.5 Å². The van der Waals surface area contributed by atoms with Gasteiger partial charge in [0.1, 0.15) is 12.7 Å². The Bertz CT molecular complexity index is 700. The van der Waals surface area contributed by atoms with Gasteiger partial charge < -0.3 is 24.8 Å². The first-order valence-corrected chi connectivity index (χ1v) is 12.5. The number of carbonyl (C=O) groups excluding carboxylic acids is 1. The van der Waals surface area contributed by atoms with Crippen LogP contribution in [0.3, 0.4) is 0 Å². The van der Waals surface area contributed by atoms with Crippen molar-refractivity contribution in [2.24, 2.45) is 11.8 Å². The fourth-order valence-corrected chi connectivity index (χ4v) is 4.95. The molecule has 2 aliphatic heterocycles. The number of rotatable bonds is 12. The van der Waals surface area contributed by atoms with Crippen LogP contribution in [0.5, 0.6) is 0 Å². The molecule has 0 spiro atoms. The number of epoxide rings is 1. The highest BCUT2D eigenvalue weighted by Gasteiger charge is 2.54. The Morgan fingerprint density at radius 3 is 2.70 bits per heavy atom. The smallest absolute Gasteiger partial charge is 0.302 e. The molecule has 6 heteroatoms. The van der Waals surface area contributed by atoms with Crippen molar-refractivity contribution >= 4 is 5.97 Å². The normalized spacial score (nSPS) is 31.4. The van der Waals surface area contributed by atoms with Crippen LogP contribution in [0, 0.1) is 11.8 Å². The van der Waals surface area contributed by atoms with Gasteiger partial charge in [-0.2, -0.15) is 0 Å². The van der Waals surface area contributed by atoms with Crippen LogP contribution in [0.2, 0.25) is 0 Å². The standard InChI is InChI=1S/C27H46N2O4/c1-8-23(31-7)21(4)24-25(33-24)26-27(6,29-16-11-15-28-26)14-9-12-19(2)18-20(3)13-10-17-32-22(5)30/h9-10,12-14,20-21,23-26,28-29H,8,11,15-18H2,1-7H3/b13-10+,14-9+,19-12+/t20-,21+,23-,24+,25-,26?,27?/m0/s1. The highest BCUT2D eigenvalue weighted by Crippen LogP contribution is 2.39. The zero-order valence-electron chi connectivity index (χ0n) is 21.7. The van der Waals surface area contributed by atoms with Crippen molar-refractivity contribution in [3.63, 3.8) is 0 Å². The number of nitrogens with one attached hydrogen (secondary N) is 2. The zero-order chi connectivity index (χ0) is 24.4. The van der Waals surface area contributed by atoms with Crippen LogP contribution >= 0.6 is 0 Å². The summed E-state index contributed by atoms with van der Waals surface area (Å²) < 4.78 is 16.9. The molecule has 7 atom stereocenters. The molecule has 0 aromatic heterocycles. The van der Waals surface area contributed by atoms with Crippen molar-refractivity contribution < 1.29 is 19.0 Å². The van der Waals surface area contributed by atoms with Crippen molar-refractivity contribution in [2.75, 3.05) is 26.8 Å². The number of esters is 1.